The summed E-state index contributed by atoms with van der Waals surface area (Å²) in [5.74, 6) is 0.936. The van der Waals surface area contributed by atoms with Crippen molar-refractivity contribution in [2.24, 2.45) is 0 Å². The first kappa shape index (κ1) is 13.3. The minimum atomic E-state index is -0.371. The third-order valence-corrected chi connectivity index (χ3v) is 3.88. The molecule has 2 saturated heterocycles. The smallest absolute Gasteiger partial charge is 0.253 e. The van der Waals surface area contributed by atoms with Crippen LogP contribution in [0.4, 0.5) is 5.82 Å². The molecule has 20 heavy (non-hydrogen) atoms. The fourth-order valence-corrected chi connectivity index (χ4v) is 2.78. The van der Waals surface area contributed by atoms with E-state index in [1.54, 1.807) is 18.6 Å². The number of amides is 1. The van der Waals surface area contributed by atoms with Gasteiger partial charge in [-0.05, 0) is 19.3 Å². The standard InChI is InChI=1S/C14H20N4O2/c19-14(17-6-2-1-3-7-17)12-11-18(8-9-20-12)13-10-15-4-5-16-13/h4-5,10,12H,1-3,6-9,11H2. The van der Waals surface area contributed by atoms with Gasteiger partial charge in [0.2, 0.25) is 0 Å². The highest BCUT2D eigenvalue weighted by Crippen LogP contribution is 2.17. The van der Waals surface area contributed by atoms with Crippen LogP contribution in [0.25, 0.3) is 0 Å². The first-order valence-corrected chi connectivity index (χ1v) is 7.26. The van der Waals surface area contributed by atoms with Gasteiger partial charge in [0, 0.05) is 32.0 Å². The number of ether oxygens (including phenoxy) is 1. The van der Waals surface area contributed by atoms with E-state index < -0.39 is 0 Å². The molecule has 108 valence electrons. The first-order valence-electron chi connectivity index (χ1n) is 7.26. The zero-order valence-corrected chi connectivity index (χ0v) is 11.6. The average Bonchev–Trinajstić information content (AvgIpc) is 2.56. The number of likely N-dealkylation sites (tertiary alicyclic amines) is 1. The number of morpholine rings is 1. The maximum absolute atomic E-state index is 12.5. The van der Waals surface area contributed by atoms with Crippen LogP contribution in [0.15, 0.2) is 18.6 Å². The van der Waals surface area contributed by atoms with E-state index in [0.29, 0.717) is 13.2 Å². The molecule has 1 atom stereocenters. The van der Waals surface area contributed by atoms with Crippen LogP contribution in [0.2, 0.25) is 0 Å². The molecule has 3 heterocycles. The van der Waals surface area contributed by atoms with Gasteiger partial charge in [-0.15, -0.1) is 0 Å². The fourth-order valence-electron chi connectivity index (χ4n) is 2.78. The summed E-state index contributed by atoms with van der Waals surface area (Å²) in [5, 5.41) is 0. The minimum Gasteiger partial charge on any atom is -0.365 e. The molecule has 0 bridgehead atoms. The second-order valence-electron chi connectivity index (χ2n) is 5.26. The van der Waals surface area contributed by atoms with E-state index in [1.165, 1.54) is 6.42 Å². The van der Waals surface area contributed by atoms with Crippen LogP contribution >= 0.6 is 0 Å². The summed E-state index contributed by atoms with van der Waals surface area (Å²) in [6.07, 6.45) is 8.11. The Bertz CT molecular complexity index is 448. The van der Waals surface area contributed by atoms with Crippen LogP contribution < -0.4 is 4.90 Å². The van der Waals surface area contributed by atoms with Crippen LogP contribution in [0.1, 0.15) is 19.3 Å². The highest BCUT2D eigenvalue weighted by molar-refractivity contribution is 5.82. The Hall–Kier alpha value is -1.69. The number of carbonyl (C=O) groups excluding carboxylic acids is 1. The first-order chi connectivity index (χ1) is 9.84. The van der Waals surface area contributed by atoms with Gasteiger partial charge in [-0.3, -0.25) is 9.78 Å². The van der Waals surface area contributed by atoms with Crippen molar-refractivity contribution < 1.29 is 9.53 Å². The lowest BCUT2D eigenvalue weighted by atomic mass is 10.1. The molecule has 0 saturated carbocycles. The van der Waals surface area contributed by atoms with Crippen molar-refractivity contribution in [2.45, 2.75) is 25.4 Å². The van der Waals surface area contributed by atoms with Gasteiger partial charge in [-0.2, -0.15) is 0 Å². The molecule has 2 fully saturated rings. The monoisotopic (exact) mass is 276 g/mol. The molecule has 1 aromatic heterocycles. The van der Waals surface area contributed by atoms with Crippen LogP contribution in [0, 0.1) is 0 Å². The summed E-state index contributed by atoms with van der Waals surface area (Å²) < 4.78 is 5.66. The molecule has 2 aliphatic heterocycles. The number of anilines is 1. The zero-order chi connectivity index (χ0) is 13.8. The van der Waals surface area contributed by atoms with E-state index in [9.17, 15) is 4.79 Å². The topological polar surface area (TPSA) is 58.6 Å². The molecular weight excluding hydrogens is 256 g/mol. The second kappa shape index (κ2) is 6.17. The van der Waals surface area contributed by atoms with Gasteiger partial charge in [0.1, 0.15) is 5.82 Å². The normalized spacial score (nSPS) is 23.7. The van der Waals surface area contributed by atoms with Crippen molar-refractivity contribution in [3.05, 3.63) is 18.6 Å². The van der Waals surface area contributed by atoms with Gasteiger partial charge in [-0.1, -0.05) is 0 Å². The van der Waals surface area contributed by atoms with E-state index in [0.717, 1.165) is 38.3 Å². The Morgan fingerprint density at radius 2 is 2.05 bits per heavy atom. The molecule has 2 aliphatic rings. The maximum atomic E-state index is 12.5. The predicted octanol–water partition coefficient (Wildman–Crippen LogP) is 0.694. The maximum Gasteiger partial charge on any atom is 0.253 e. The van der Waals surface area contributed by atoms with Crippen LogP contribution in [0.3, 0.4) is 0 Å². The summed E-state index contributed by atoms with van der Waals surface area (Å²) >= 11 is 0. The largest absolute Gasteiger partial charge is 0.365 e. The fraction of sp³-hybridized carbons (Fsp3) is 0.643. The van der Waals surface area contributed by atoms with Gasteiger partial charge in [0.05, 0.1) is 19.3 Å². The third-order valence-electron chi connectivity index (χ3n) is 3.88. The highest BCUT2D eigenvalue weighted by atomic mass is 16.5. The molecule has 6 nitrogen and oxygen atoms in total. The van der Waals surface area contributed by atoms with Crippen LogP contribution in [-0.4, -0.2) is 59.7 Å². The van der Waals surface area contributed by atoms with Gasteiger partial charge in [-0.25, -0.2) is 4.98 Å². The molecule has 0 aromatic carbocycles. The number of nitrogens with zero attached hydrogens (tertiary/aromatic N) is 4. The number of hydrogen-bond donors (Lipinski definition) is 0. The molecular formula is C14H20N4O2. The Kier molecular flexibility index (Phi) is 4.11. The number of rotatable bonds is 2. The summed E-state index contributed by atoms with van der Waals surface area (Å²) in [6, 6.07) is 0. The number of carbonyl (C=O) groups is 1. The molecule has 1 unspecified atom stereocenters. The number of piperidine rings is 1. The Labute approximate surface area is 118 Å². The molecule has 1 aromatic rings. The van der Waals surface area contributed by atoms with Crippen molar-refractivity contribution in [2.75, 3.05) is 37.7 Å². The van der Waals surface area contributed by atoms with Crippen molar-refractivity contribution >= 4 is 11.7 Å². The minimum absolute atomic E-state index is 0.123. The van der Waals surface area contributed by atoms with E-state index in [2.05, 4.69) is 14.9 Å². The van der Waals surface area contributed by atoms with Crippen molar-refractivity contribution in [1.29, 1.82) is 0 Å². The molecule has 0 spiro atoms. The van der Waals surface area contributed by atoms with Gasteiger partial charge >= 0.3 is 0 Å². The molecule has 3 rings (SSSR count). The lowest BCUT2D eigenvalue weighted by molar-refractivity contribution is -0.145. The molecule has 1 amide bonds. The van der Waals surface area contributed by atoms with Crippen molar-refractivity contribution in [3.8, 4) is 0 Å². The molecule has 0 N–H and O–H groups in total. The summed E-state index contributed by atoms with van der Waals surface area (Å²) in [4.78, 5) is 24.9. The van der Waals surface area contributed by atoms with E-state index in [4.69, 9.17) is 4.74 Å². The summed E-state index contributed by atoms with van der Waals surface area (Å²) in [7, 11) is 0. The van der Waals surface area contributed by atoms with Gasteiger partial charge in [0.15, 0.2) is 6.10 Å². The Morgan fingerprint density at radius 1 is 1.20 bits per heavy atom. The lowest BCUT2D eigenvalue weighted by Crippen LogP contribution is -2.52. The molecule has 0 aliphatic carbocycles. The SMILES string of the molecule is O=C(C1CN(c2cnccn2)CCO1)N1CCCCC1. The zero-order valence-electron chi connectivity index (χ0n) is 11.6. The van der Waals surface area contributed by atoms with Crippen molar-refractivity contribution in [1.82, 2.24) is 14.9 Å². The second-order valence-corrected chi connectivity index (χ2v) is 5.26. The summed E-state index contributed by atoms with van der Waals surface area (Å²) in [5.41, 5.74) is 0. The third kappa shape index (κ3) is 2.90. The van der Waals surface area contributed by atoms with E-state index >= 15 is 0 Å². The number of hydrogen-bond acceptors (Lipinski definition) is 5. The van der Waals surface area contributed by atoms with Crippen molar-refractivity contribution in [3.63, 3.8) is 0 Å². The summed E-state index contributed by atoms with van der Waals surface area (Å²) in [6.45, 7) is 3.60. The average molecular weight is 276 g/mol. The quantitative estimate of drug-likeness (QED) is 0.795. The molecule has 0 radical (unpaired) electrons. The highest BCUT2D eigenvalue weighted by Gasteiger charge is 2.31. The van der Waals surface area contributed by atoms with Gasteiger partial charge in [0.25, 0.3) is 5.91 Å². The lowest BCUT2D eigenvalue weighted by Gasteiger charge is -2.36. The molecule has 6 heteroatoms. The van der Waals surface area contributed by atoms with Crippen LogP contribution in [-0.2, 0) is 9.53 Å². The Morgan fingerprint density at radius 3 is 2.80 bits per heavy atom. The van der Waals surface area contributed by atoms with E-state index in [1.807, 2.05) is 4.90 Å². The Balaban J connectivity index is 1.64. The predicted molar refractivity (Wildman–Crippen MR) is 74.4 cm³/mol. The van der Waals surface area contributed by atoms with Gasteiger partial charge < -0.3 is 14.5 Å². The number of aromatic nitrogens is 2. The van der Waals surface area contributed by atoms with Crippen LogP contribution in [0.5, 0.6) is 0 Å². The van der Waals surface area contributed by atoms with E-state index in [-0.39, 0.29) is 12.0 Å².